The van der Waals surface area contributed by atoms with E-state index in [1.807, 2.05) is 0 Å². The first-order chi connectivity index (χ1) is 7.65. The number of halogens is 2. The fraction of sp³-hybridized carbons (Fsp3) is 0. The van der Waals surface area contributed by atoms with Gasteiger partial charge in [0.15, 0.2) is 5.82 Å². The highest BCUT2D eigenvalue weighted by Crippen LogP contribution is 2.24. The van der Waals surface area contributed by atoms with Gasteiger partial charge in [-0.3, -0.25) is 0 Å². The van der Waals surface area contributed by atoms with Gasteiger partial charge in [0.05, 0.1) is 0 Å². The van der Waals surface area contributed by atoms with Crippen molar-refractivity contribution in [2.75, 3.05) is 5.73 Å². The SMILES string of the molecule is Nc1nccnc1Oc1cc(F)cc(F)c1. The van der Waals surface area contributed by atoms with Crippen LogP contribution in [0.15, 0.2) is 30.6 Å². The lowest BCUT2D eigenvalue weighted by Gasteiger charge is -2.05. The Morgan fingerprint density at radius 3 is 2.25 bits per heavy atom. The molecular formula is C10H7F2N3O. The van der Waals surface area contributed by atoms with E-state index < -0.39 is 11.6 Å². The summed E-state index contributed by atoms with van der Waals surface area (Å²) in [6.45, 7) is 0. The molecule has 0 aliphatic carbocycles. The Morgan fingerprint density at radius 1 is 1.00 bits per heavy atom. The van der Waals surface area contributed by atoms with Crippen LogP contribution in [0, 0.1) is 11.6 Å². The molecule has 0 radical (unpaired) electrons. The normalized spacial score (nSPS) is 10.1. The average molecular weight is 223 g/mol. The maximum absolute atomic E-state index is 12.8. The Bertz CT molecular complexity index is 499. The number of aromatic nitrogens is 2. The minimum absolute atomic E-state index is 0.00694. The fourth-order valence-electron chi connectivity index (χ4n) is 1.11. The van der Waals surface area contributed by atoms with Crippen LogP contribution in [0.1, 0.15) is 0 Å². The third kappa shape index (κ3) is 2.22. The highest BCUT2D eigenvalue weighted by atomic mass is 19.1. The Hall–Kier alpha value is -2.24. The van der Waals surface area contributed by atoms with E-state index in [1.165, 1.54) is 12.4 Å². The molecule has 1 heterocycles. The van der Waals surface area contributed by atoms with Gasteiger partial charge in [-0.1, -0.05) is 0 Å². The maximum atomic E-state index is 12.8. The van der Waals surface area contributed by atoms with Crippen LogP contribution in [0.2, 0.25) is 0 Å². The van der Waals surface area contributed by atoms with Gasteiger partial charge in [0.2, 0.25) is 0 Å². The van der Waals surface area contributed by atoms with Gasteiger partial charge >= 0.3 is 0 Å². The van der Waals surface area contributed by atoms with Crippen molar-refractivity contribution in [3.05, 3.63) is 42.2 Å². The second kappa shape index (κ2) is 4.09. The molecule has 1 aromatic heterocycles. The number of benzene rings is 1. The first kappa shape index (κ1) is 10.3. The van der Waals surface area contributed by atoms with Crippen molar-refractivity contribution in [1.29, 1.82) is 0 Å². The Labute approximate surface area is 89.7 Å². The van der Waals surface area contributed by atoms with E-state index in [-0.39, 0.29) is 17.4 Å². The molecule has 16 heavy (non-hydrogen) atoms. The van der Waals surface area contributed by atoms with Gasteiger partial charge in [-0.2, -0.15) is 0 Å². The quantitative estimate of drug-likeness (QED) is 0.847. The van der Waals surface area contributed by atoms with E-state index in [9.17, 15) is 8.78 Å². The third-order valence-corrected chi connectivity index (χ3v) is 1.74. The summed E-state index contributed by atoms with van der Waals surface area (Å²) in [6, 6.07) is 2.79. The van der Waals surface area contributed by atoms with Crippen molar-refractivity contribution in [3.8, 4) is 11.6 Å². The number of hydrogen-bond donors (Lipinski definition) is 1. The summed E-state index contributed by atoms with van der Waals surface area (Å²) >= 11 is 0. The van der Waals surface area contributed by atoms with E-state index in [2.05, 4.69) is 9.97 Å². The lowest BCUT2D eigenvalue weighted by molar-refractivity contribution is 0.451. The molecule has 6 heteroatoms. The second-order valence-electron chi connectivity index (χ2n) is 2.95. The molecule has 0 amide bonds. The molecule has 0 spiro atoms. The van der Waals surface area contributed by atoms with Crippen LogP contribution in [-0.2, 0) is 0 Å². The van der Waals surface area contributed by atoms with Gasteiger partial charge in [-0.25, -0.2) is 18.7 Å². The van der Waals surface area contributed by atoms with Crippen molar-refractivity contribution in [2.45, 2.75) is 0 Å². The highest BCUT2D eigenvalue weighted by molar-refractivity contribution is 5.42. The van der Waals surface area contributed by atoms with Crippen molar-refractivity contribution in [2.24, 2.45) is 0 Å². The van der Waals surface area contributed by atoms with Crippen molar-refractivity contribution in [1.82, 2.24) is 9.97 Å². The summed E-state index contributed by atoms with van der Waals surface area (Å²) < 4.78 is 30.8. The molecule has 0 aliphatic rings. The van der Waals surface area contributed by atoms with Gasteiger partial charge in [0.1, 0.15) is 17.4 Å². The zero-order chi connectivity index (χ0) is 11.5. The molecule has 0 bridgehead atoms. The molecule has 2 rings (SSSR count). The lowest BCUT2D eigenvalue weighted by atomic mass is 10.3. The second-order valence-corrected chi connectivity index (χ2v) is 2.95. The van der Waals surface area contributed by atoms with Gasteiger partial charge in [0, 0.05) is 30.6 Å². The smallest absolute Gasteiger partial charge is 0.262 e. The van der Waals surface area contributed by atoms with E-state index in [4.69, 9.17) is 10.5 Å². The monoisotopic (exact) mass is 223 g/mol. The first-order valence-electron chi connectivity index (χ1n) is 4.35. The summed E-state index contributed by atoms with van der Waals surface area (Å²) in [5.41, 5.74) is 5.46. The van der Waals surface area contributed by atoms with Crippen LogP contribution < -0.4 is 10.5 Å². The molecule has 0 saturated heterocycles. The number of rotatable bonds is 2. The summed E-state index contributed by atoms with van der Waals surface area (Å²) in [7, 11) is 0. The summed E-state index contributed by atoms with van der Waals surface area (Å²) in [4.78, 5) is 7.50. The van der Waals surface area contributed by atoms with Crippen LogP contribution in [0.25, 0.3) is 0 Å². The summed E-state index contributed by atoms with van der Waals surface area (Å²) in [5.74, 6) is -1.45. The van der Waals surface area contributed by atoms with Crippen molar-refractivity contribution in [3.63, 3.8) is 0 Å². The highest BCUT2D eigenvalue weighted by Gasteiger charge is 2.06. The molecule has 0 aliphatic heterocycles. The number of ether oxygens (including phenoxy) is 1. The fourth-order valence-corrected chi connectivity index (χ4v) is 1.11. The number of nitrogens with two attached hydrogens (primary N) is 1. The van der Waals surface area contributed by atoms with Crippen LogP contribution in [0.4, 0.5) is 14.6 Å². The Balaban J connectivity index is 2.30. The molecule has 2 aromatic rings. The van der Waals surface area contributed by atoms with E-state index in [0.717, 1.165) is 18.2 Å². The van der Waals surface area contributed by atoms with Gasteiger partial charge < -0.3 is 10.5 Å². The van der Waals surface area contributed by atoms with Gasteiger partial charge in [-0.05, 0) is 0 Å². The van der Waals surface area contributed by atoms with Crippen LogP contribution >= 0.6 is 0 Å². The predicted molar refractivity (Wildman–Crippen MR) is 52.9 cm³/mol. The average Bonchev–Trinajstić information content (AvgIpc) is 2.20. The summed E-state index contributed by atoms with van der Waals surface area (Å²) in [6.07, 6.45) is 2.75. The standard InChI is InChI=1S/C10H7F2N3O/c11-6-3-7(12)5-8(4-6)16-10-9(13)14-1-2-15-10/h1-5H,(H2,13,14). The number of nitrogen functional groups attached to an aromatic ring is 1. The third-order valence-electron chi connectivity index (χ3n) is 1.74. The largest absolute Gasteiger partial charge is 0.436 e. The van der Waals surface area contributed by atoms with Gasteiger partial charge in [-0.15, -0.1) is 0 Å². The Morgan fingerprint density at radius 2 is 1.62 bits per heavy atom. The predicted octanol–water partition coefficient (Wildman–Crippen LogP) is 2.13. The molecular weight excluding hydrogens is 216 g/mol. The zero-order valence-electron chi connectivity index (χ0n) is 8.02. The van der Waals surface area contributed by atoms with E-state index >= 15 is 0 Å². The van der Waals surface area contributed by atoms with Crippen molar-refractivity contribution >= 4 is 5.82 Å². The minimum atomic E-state index is -0.738. The number of hydrogen-bond acceptors (Lipinski definition) is 4. The van der Waals surface area contributed by atoms with Crippen LogP contribution in [-0.4, -0.2) is 9.97 Å². The molecule has 0 fully saturated rings. The summed E-state index contributed by atoms with van der Waals surface area (Å²) in [5, 5.41) is 0. The van der Waals surface area contributed by atoms with Crippen molar-refractivity contribution < 1.29 is 13.5 Å². The molecule has 0 atom stereocenters. The van der Waals surface area contributed by atoms with E-state index in [0.29, 0.717) is 0 Å². The molecule has 1 aromatic carbocycles. The molecule has 2 N–H and O–H groups in total. The molecule has 0 unspecified atom stereocenters. The van der Waals surface area contributed by atoms with Gasteiger partial charge in [0.25, 0.3) is 5.88 Å². The lowest BCUT2D eigenvalue weighted by Crippen LogP contribution is -1.97. The maximum Gasteiger partial charge on any atom is 0.262 e. The number of nitrogens with zero attached hydrogens (tertiary/aromatic N) is 2. The minimum Gasteiger partial charge on any atom is -0.436 e. The molecule has 82 valence electrons. The first-order valence-corrected chi connectivity index (χ1v) is 4.35. The molecule has 4 nitrogen and oxygen atoms in total. The molecule has 0 saturated carbocycles. The topological polar surface area (TPSA) is 61.0 Å². The number of anilines is 1. The zero-order valence-corrected chi connectivity index (χ0v) is 8.02. The Kier molecular flexibility index (Phi) is 2.63. The van der Waals surface area contributed by atoms with Crippen LogP contribution in [0.3, 0.4) is 0 Å². The van der Waals surface area contributed by atoms with Crippen LogP contribution in [0.5, 0.6) is 11.6 Å². The van der Waals surface area contributed by atoms with E-state index in [1.54, 1.807) is 0 Å².